The van der Waals surface area contributed by atoms with E-state index in [0.717, 1.165) is 10.2 Å². The number of nitrogens with zero attached hydrogens (tertiary/aromatic N) is 2. The standard InChI is InChI=1S/C7H6N2OS/c1-10-7-6-5(2-3-8-7)11-4-9-6/h2-4H,1H3. The topological polar surface area (TPSA) is 35.0 Å². The zero-order chi connectivity index (χ0) is 7.68. The molecule has 3 nitrogen and oxygen atoms in total. The number of hydrogen-bond acceptors (Lipinski definition) is 4. The molecule has 0 amide bonds. The van der Waals surface area contributed by atoms with E-state index in [0.29, 0.717) is 5.88 Å². The van der Waals surface area contributed by atoms with Gasteiger partial charge in [0.2, 0.25) is 5.88 Å². The van der Waals surface area contributed by atoms with Crippen LogP contribution in [0, 0.1) is 0 Å². The molecule has 0 saturated heterocycles. The second-order valence-electron chi connectivity index (χ2n) is 2.02. The molecule has 2 heterocycles. The molecule has 0 bridgehead atoms. The van der Waals surface area contributed by atoms with E-state index in [9.17, 15) is 0 Å². The molecular formula is C7H6N2OS. The Hall–Kier alpha value is -1.16. The van der Waals surface area contributed by atoms with Crippen LogP contribution < -0.4 is 4.74 Å². The van der Waals surface area contributed by atoms with Gasteiger partial charge in [0.05, 0.1) is 17.3 Å². The Kier molecular flexibility index (Phi) is 1.47. The van der Waals surface area contributed by atoms with Gasteiger partial charge in [-0.3, -0.25) is 0 Å². The lowest BCUT2D eigenvalue weighted by molar-refractivity contribution is 0.402. The molecule has 0 saturated carbocycles. The summed E-state index contributed by atoms with van der Waals surface area (Å²) in [5.74, 6) is 0.601. The molecule has 4 heteroatoms. The van der Waals surface area contributed by atoms with E-state index in [2.05, 4.69) is 9.97 Å². The Morgan fingerprint density at radius 3 is 3.18 bits per heavy atom. The Balaban J connectivity index is 2.79. The molecule has 11 heavy (non-hydrogen) atoms. The molecule has 0 atom stereocenters. The molecule has 0 N–H and O–H groups in total. The summed E-state index contributed by atoms with van der Waals surface area (Å²) in [5, 5.41) is 0. The van der Waals surface area contributed by atoms with Gasteiger partial charge in [-0.05, 0) is 6.07 Å². The van der Waals surface area contributed by atoms with Crippen molar-refractivity contribution >= 4 is 21.6 Å². The fraction of sp³-hybridized carbons (Fsp3) is 0.143. The quantitative estimate of drug-likeness (QED) is 0.646. The van der Waals surface area contributed by atoms with Crippen molar-refractivity contribution in [3.05, 3.63) is 17.8 Å². The highest BCUT2D eigenvalue weighted by Gasteiger charge is 2.02. The van der Waals surface area contributed by atoms with Crippen molar-refractivity contribution < 1.29 is 4.74 Å². The number of pyridine rings is 1. The minimum atomic E-state index is 0.601. The summed E-state index contributed by atoms with van der Waals surface area (Å²) in [6, 6.07) is 1.93. The van der Waals surface area contributed by atoms with Gasteiger partial charge in [-0.15, -0.1) is 11.3 Å². The van der Waals surface area contributed by atoms with Crippen LogP contribution in [0.3, 0.4) is 0 Å². The van der Waals surface area contributed by atoms with E-state index >= 15 is 0 Å². The number of thiazole rings is 1. The van der Waals surface area contributed by atoms with Gasteiger partial charge in [0, 0.05) is 6.20 Å². The Morgan fingerprint density at radius 1 is 1.45 bits per heavy atom. The van der Waals surface area contributed by atoms with E-state index in [1.165, 1.54) is 0 Å². The van der Waals surface area contributed by atoms with Crippen molar-refractivity contribution in [1.82, 2.24) is 9.97 Å². The van der Waals surface area contributed by atoms with Crippen LogP contribution in [-0.4, -0.2) is 17.1 Å². The van der Waals surface area contributed by atoms with Gasteiger partial charge in [0.25, 0.3) is 0 Å². The molecule has 2 aromatic heterocycles. The number of methoxy groups -OCH3 is 1. The maximum Gasteiger partial charge on any atom is 0.241 e. The lowest BCUT2D eigenvalue weighted by Crippen LogP contribution is -1.86. The summed E-state index contributed by atoms with van der Waals surface area (Å²) >= 11 is 1.59. The van der Waals surface area contributed by atoms with E-state index in [1.54, 1.807) is 30.2 Å². The highest BCUT2D eigenvalue weighted by Crippen LogP contribution is 2.23. The van der Waals surface area contributed by atoms with Gasteiger partial charge in [-0.2, -0.15) is 0 Å². The normalized spacial score (nSPS) is 10.3. The van der Waals surface area contributed by atoms with Gasteiger partial charge in [0.15, 0.2) is 0 Å². The van der Waals surface area contributed by atoms with E-state index in [4.69, 9.17) is 4.74 Å². The Bertz CT molecular complexity index is 371. The zero-order valence-electron chi connectivity index (χ0n) is 5.94. The second-order valence-corrected chi connectivity index (χ2v) is 2.91. The zero-order valence-corrected chi connectivity index (χ0v) is 6.76. The van der Waals surface area contributed by atoms with Crippen LogP contribution in [0.1, 0.15) is 0 Å². The van der Waals surface area contributed by atoms with Crippen molar-refractivity contribution in [1.29, 1.82) is 0 Å². The monoisotopic (exact) mass is 166 g/mol. The average Bonchev–Trinajstić information content (AvgIpc) is 2.50. The van der Waals surface area contributed by atoms with Crippen molar-refractivity contribution in [2.75, 3.05) is 7.11 Å². The molecule has 2 aromatic rings. The summed E-state index contributed by atoms with van der Waals surface area (Å²) in [6.07, 6.45) is 1.72. The van der Waals surface area contributed by atoms with E-state index < -0.39 is 0 Å². The first-order valence-corrected chi connectivity index (χ1v) is 4.02. The van der Waals surface area contributed by atoms with Gasteiger partial charge >= 0.3 is 0 Å². The highest BCUT2D eigenvalue weighted by molar-refractivity contribution is 7.16. The maximum absolute atomic E-state index is 5.02. The maximum atomic E-state index is 5.02. The predicted molar refractivity (Wildman–Crippen MR) is 44.0 cm³/mol. The van der Waals surface area contributed by atoms with Crippen LogP contribution >= 0.6 is 11.3 Å². The third-order valence-corrected chi connectivity index (χ3v) is 2.20. The summed E-state index contributed by atoms with van der Waals surface area (Å²) in [6.45, 7) is 0. The lowest BCUT2D eigenvalue weighted by Gasteiger charge is -1.96. The van der Waals surface area contributed by atoms with Gasteiger partial charge in [-0.1, -0.05) is 0 Å². The van der Waals surface area contributed by atoms with Crippen molar-refractivity contribution in [3.8, 4) is 5.88 Å². The van der Waals surface area contributed by atoms with Gasteiger partial charge < -0.3 is 4.74 Å². The lowest BCUT2D eigenvalue weighted by atomic mass is 10.4. The van der Waals surface area contributed by atoms with Crippen LogP contribution in [0.4, 0.5) is 0 Å². The summed E-state index contributed by atoms with van der Waals surface area (Å²) in [7, 11) is 1.60. The number of ether oxygens (including phenoxy) is 1. The minimum Gasteiger partial charge on any atom is -0.479 e. The fourth-order valence-corrected chi connectivity index (χ4v) is 1.58. The number of rotatable bonds is 1. The highest BCUT2D eigenvalue weighted by atomic mass is 32.1. The van der Waals surface area contributed by atoms with Crippen LogP contribution in [0.15, 0.2) is 17.8 Å². The Labute approximate surface area is 67.7 Å². The number of hydrogen-bond donors (Lipinski definition) is 0. The third kappa shape index (κ3) is 0.952. The minimum absolute atomic E-state index is 0.601. The van der Waals surface area contributed by atoms with Crippen molar-refractivity contribution in [3.63, 3.8) is 0 Å². The molecule has 0 fully saturated rings. The van der Waals surface area contributed by atoms with Gasteiger partial charge in [-0.25, -0.2) is 9.97 Å². The smallest absolute Gasteiger partial charge is 0.241 e. The third-order valence-electron chi connectivity index (χ3n) is 1.41. The average molecular weight is 166 g/mol. The molecule has 0 radical (unpaired) electrons. The predicted octanol–water partition coefficient (Wildman–Crippen LogP) is 1.70. The van der Waals surface area contributed by atoms with Gasteiger partial charge in [0.1, 0.15) is 5.52 Å². The molecular weight excluding hydrogens is 160 g/mol. The Morgan fingerprint density at radius 2 is 2.36 bits per heavy atom. The van der Waals surface area contributed by atoms with Crippen molar-refractivity contribution in [2.24, 2.45) is 0 Å². The molecule has 0 aromatic carbocycles. The molecule has 0 aliphatic heterocycles. The molecule has 0 spiro atoms. The first-order valence-electron chi connectivity index (χ1n) is 3.14. The van der Waals surface area contributed by atoms with Crippen LogP contribution in [0.5, 0.6) is 5.88 Å². The fourth-order valence-electron chi connectivity index (χ4n) is 0.917. The number of fused-ring (bicyclic) bond motifs is 1. The summed E-state index contributed by atoms with van der Waals surface area (Å²) < 4.78 is 6.13. The number of aromatic nitrogens is 2. The van der Waals surface area contributed by atoms with Crippen LogP contribution in [-0.2, 0) is 0 Å². The SMILES string of the molecule is COc1nccc2scnc12. The van der Waals surface area contributed by atoms with Crippen LogP contribution in [0.2, 0.25) is 0 Å². The largest absolute Gasteiger partial charge is 0.479 e. The molecule has 0 aliphatic carbocycles. The first kappa shape index (κ1) is 6.54. The van der Waals surface area contributed by atoms with E-state index in [-0.39, 0.29) is 0 Å². The first-order chi connectivity index (χ1) is 5.42. The van der Waals surface area contributed by atoms with Crippen LogP contribution in [0.25, 0.3) is 10.2 Å². The summed E-state index contributed by atoms with van der Waals surface area (Å²) in [5.41, 5.74) is 2.63. The molecule has 0 unspecified atom stereocenters. The summed E-state index contributed by atoms with van der Waals surface area (Å²) in [4.78, 5) is 8.14. The van der Waals surface area contributed by atoms with E-state index in [1.807, 2.05) is 6.07 Å². The molecule has 0 aliphatic rings. The van der Waals surface area contributed by atoms with Crippen molar-refractivity contribution in [2.45, 2.75) is 0 Å². The second kappa shape index (κ2) is 2.47. The molecule has 56 valence electrons. The molecule has 2 rings (SSSR count).